The fourth-order valence-electron chi connectivity index (χ4n) is 3.31. The Kier molecular flexibility index (Phi) is 3.54. The second-order valence-electron chi connectivity index (χ2n) is 6.94. The van der Waals surface area contributed by atoms with Gasteiger partial charge in [0.25, 0.3) is 5.79 Å². The van der Waals surface area contributed by atoms with Gasteiger partial charge in [-0.3, -0.25) is 14.4 Å². The van der Waals surface area contributed by atoms with Gasteiger partial charge in [-0.05, 0) is 19.4 Å². The molecule has 0 bridgehead atoms. The summed E-state index contributed by atoms with van der Waals surface area (Å²) in [6, 6.07) is 9.29. The second kappa shape index (κ2) is 5.18. The van der Waals surface area contributed by atoms with Gasteiger partial charge in [0.1, 0.15) is 5.78 Å². The van der Waals surface area contributed by atoms with E-state index in [-0.39, 0.29) is 18.6 Å². The van der Waals surface area contributed by atoms with Crippen LogP contribution in [0, 0.1) is 11.3 Å². The van der Waals surface area contributed by atoms with E-state index in [9.17, 15) is 14.4 Å². The van der Waals surface area contributed by atoms with Crippen molar-refractivity contribution in [2.24, 2.45) is 11.3 Å². The van der Waals surface area contributed by atoms with Crippen LogP contribution >= 0.6 is 0 Å². The average molecular weight is 316 g/mol. The maximum Gasteiger partial charge on any atom is 0.326 e. The molecular formula is C18H20O5. The van der Waals surface area contributed by atoms with Gasteiger partial charge in [-0.25, -0.2) is 0 Å². The molecule has 122 valence electrons. The first-order valence-corrected chi connectivity index (χ1v) is 7.81. The summed E-state index contributed by atoms with van der Waals surface area (Å²) in [5, 5.41) is 0. The van der Waals surface area contributed by atoms with Gasteiger partial charge in [0, 0.05) is 18.8 Å². The molecule has 2 atom stereocenters. The molecule has 1 saturated heterocycles. The van der Waals surface area contributed by atoms with Gasteiger partial charge in [-0.1, -0.05) is 37.3 Å². The van der Waals surface area contributed by atoms with Crippen LogP contribution in [-0.4, -0.2) is 23.5 Å². The number of carbonyl (C=O) groups excluding carboxylic acids is 3. The molecule has 0 unspecified atom stereocenters. The van der Waals surface area contributed by atoms with E-state index in [4.69, 9.17) is 9.47 Å². The van der Waals surface area contributed by atoms with Crippen LogP contribution in [0.1, 0.15) is 45.1 Å². The summed E-state index contributed by atoms with van der Waals surface area (Å²) in [7, 11) is 0. The fraction of sp³-hybridized carbons (Fsp3) is 0.500. The Labute approximate surface area is 135 Å². The summed E-state index contributed by atoms with van der Waals surface area (Å²) < 4.78 is 11.4. The topological polar surface area (TPSA) is 69.7 Å². The molecule has 1 aliphatic heterocycles. The molecule has 1 aromatic carbocycles. The molecule has 0 amide bonds. The van der Waals surface area contributed by atoms with Crippen LogP contribution in [0.5, 0.6) is 0 Å². The summed E-state index contributed by atoms with van der Waals surface area (Å²) in [5.74, 6) is -3.40. The number of carbonyl (C=O) groups is 3. The second-order valence-corrected chi connectivity index (χ2v) is 6.94. The highest BCUT2D eigenvalue weighted by molar-refractivity contribution is 6.01. The van der Waals surface area contributed by atoms with Crippen LogP contribution in [0.4, 0.5) is 0 Å². The number of ketones is 1. The monoisotopic (exact) mass is 316 g/mol. The zero-order valence-corrected chi connectivity index (χ0v) is 13.5. The van der Waals surface area contributed by atoms with Crippen molar-refractivity contribution in [1.29, 1.82) is 0 Å². The van der Waals surface area contributed by atoms with E-state index in [1.165, 1.54) is 13.8 Å². The lowest BCUT2D eigenvalue weighted by atomic mass is 9.71. The van der Waals surface area contributed by atoms with E-state index in [0.717, 1.165) is 5.56 Å². The van der Waals surface area contributed by atoms with Crippen molar-refractivity contribution in [1.82, 2.24) is 0 Å². The maximum atomic E-state index is 12.4. The van der Waals surface area contributed by atoms with Crippen molar-refractivity contribution < 1.29 is 23.9 Å². The number of Topliss-reactive ketones (excluding diaryl/α,β-unsaturated/α-hetero) is 1. The van der Waals surface area contributed by atoms with Crippen molar-refractivity contribution >= 4 is 17.7 Å². The largest absolute Gasteiger partial charge is 0.421 e. The van der Waals surface area contributed by atoms with Crippen molar-refractivity contribution in [3.63, 3.8) is 0 Å². The van der Waals surface area contributed by atoms with Crippen molar-refractivity contribution in [2.45, 2.75) is 45.3 Å². The molecule has 0 radical (unpaired) electrons. The number of rotatable bonds is 1. The molecule has 2 aliphatic rings. The van der Waals surface area contributed by atoms with Crippen LogP contribution in [0.3, 0.4) is 0 Å². The number of benzene rings is 1. The van der Waals surface area contributed by atoms with Crippen LogP contribution in [0.15, 0.2) is 30.3 Å². The Morgan fingerprint density at radius 1 is 0.957 bits per heavy atom. The third-order valence-corrected chi connectivity index (χ3v) is 4.87. The Bertz CT molecular complexity index is 641. The first kappa shape index (κ1) is 15.7. The quantitative estimate of drug-likeness (QED) is 0.588. The van der Waals surface area contributed by atoms with Gasteiger partial charge < -0.3 is 9.47 Å². The van der Waals surface area contributed by atoms with E-state index < -0.39 is 35.0 Å². The summed E-state index contributed by atoms with van der Waals surface area (Å²) in [4.78, 5) is 36.9. The highest BCUT2D eigenvalue weighted by Crippen LogP contribution is 2.50. The normalized spacial score (nSPS) is 29.1. The third kappa shape index (κ3) is 2.35. The molecule has 2 fully saturated rings. The average Bonchev–Trinajstić information content (AvgIpc) is 2.50. The highest BCUT2D eigenvalue weighted by atomic mass is 16.7. The predicted octanol–water partition coefficient (Wildman–Crippen LogP) is 2.59. The van der Waals surface area contributed by atoms with Gasteiger partial charge in [0.2, 0.25) is 0 Å². The number of esters is 2. The summed E-state index contributed by atoms with van der Waals surface area (Å²) in [6.07, 6.45) is 0.416. The van der Waals surface area contributed by atoms with Crippen LogP contribution in [0.2, 0.25) is 0 Å². The Morgan fingerprint density at radius 2 is 1.52 bits per heavy atom. The number of hydrogen-bond donors (Lipinski definition) is 0. The number of hydrogen-bond acceptors (Lipinski definition) is 5. The van der Waals surface area contributed by atoms with Gasteiger partial charge in [0.05, 0.1) is 5.92 Å². The first-order chi connectivity index (χ1) is 10.8. The lowest BCUT2D eigenvalue weighted by Crippen LogP contribution is -2.61. The molecular weight excluding hydrogens is 296 g/mol. The van der Waals surface area contributed by atoms with Crippen molar-refractivity contribution in [3.05, 3.63) is 35.9 Å². The van der Waals surface area contributed by atoms with Crippen LogP contribution in [0.25, 0.3) is 0 Å². The van der Waals surface area contributed by atoms with Gasteiger partial charge >= 0.3 is 11.9 Å². The molecule has 5 nitrogen and oxygen atoms in total. The molecule has 0 N–H and O–H groups in total. The smallest absolute Gasteiger partial charge is 0.326 e. The van der Waals surface area contributed by atoms with Crippen molar-refractivity contribution in [2.75, 3.05) is 0 Å². The minimum Gasteiger partial charge on any atom is -0.421 e. The molecule has 5 heteroatoms. The Hall–Kier alpha value is -2.17. The van der Waals surface area contributed by atoms with E-state index in [1.807, 2.05) is 30.3 Å². The maximum absolute atomic E-state index is 12.4. The molecule has 1 heterocycles. The summed E-state index contributed by atoms with van der Waals surface area (Å²) in [6.45, 7) is 4.76. The fourth-order valence-corrected chi connectivity index (χ4v) is 3.31. The Morgan fingerprint density at radius 3 is 2.09 bits per heavy atom. The van der Waals surface area contributed by atoms with Gasteiger partial charge in [0.15, 0.2) is 5.41 Å². The standard InChI is InChI=1S/C18H20O5/c1-11-9-13(19)10-14(12-7-5-4-6-8-12)18(11)22-15(20)17(2,3)16(21)23-18/h4-8,11,14H,9-10H2,1-3H3/t11-,14+/m0/s1. The zero-order chi connectivity index (χ0) is 16.8. The van der Waals surface area contributed by atoms with E-state index in [2.05, 4.69) is 0 Å². The molecule has 1 aromatic rings. The molecule has 23 heavy (non-hydrogen) atoms. The third-order valence-electron chi connectivity index (χ3n) is 4.87. The minimum atomic E-state index is -1.40. The highest BCUT2D eigenvalue weighted by Gasteiger charge is 2.62. The predicted molar refractivity (Wildman–Crippen MR) is 81.3 cm³/mol. The molecule has 1 spiro atoms. The van der Waals surface area contributed by atoms with Crippen molar-refractivity contribution in [3.8, 4) is 0 Å². The molecule has 3 rings (SSSR count). The Balaban J connectivity index is 2.08. The zero-order valence-electron chi connectivity index (χ0n) is 13.5. The first-order valence-electron chi connectivity index (χ1n) is 7.81. The van der Waals surface area contributed by atoms with Gasteiger partial charge in [-0.15, -0.1) is 0 Å². The van der Waals surface area contributed by atoms with E-state index in [0.29, 0.717) is 0 Å². The summed E-state index contributed by atoms with van der Waals surface area (Å²) in [5.41, 5.74) is -0.499. The SMILES string of the molecule is C[C@H]1CC(=O)C[C@H](c2ccccc2)C12OC(=O)C(C)(C)C(=O)O2. The lowest BCUT2D eigenvalue weighted by Gasteiger charge is -2.50. The molecule has 0 aromatic heterocycles. The van der Waals surface area contributed by atoms with E-state index in [1.54, 1.807) is 6.92 Å². The van der Waals surface area contributed by atoms with Gasteiger partial charge in [-0.2, -0.15) is 0 Å². The van der Waals surface area contributed by atoms with Crippen LogP contribution in [-0.2, 0) is 23.9 Å². The summed E-state index contributed by atoms with van der Waals surface area (Å²) >= 11 is 0. The van der Waals surface area contributed by atoms with E-state index >= 15 is 0 Å². The number of ether oxygens (including phenoxy) is 2. The minimum absolute atomic E-state index is 0.0777. The van der Waals surface area contributed by atoms with Crippen LogP contribution < -0.4 is 0 Å². The molecule has 1 aliphatic carbocycles. The molecule has 1 saturated carbocycles. The lowest BCUT2D eigenvalue weighted by molar-refractivity contribution is -0.288.